The molecule has 1 aromatic heterocycles. The number of nitrogens with zero attached hydrogens (tertiary/aromatic N) is 3. The summed E-state index contributed by atoms with van der Waals surface area (Å²) < 4.78 is 3.83. The van der Waals surface area contributed by atoms with E-state index in [1.165, 1.54) is 0 Å². The van der Waals surface area contributed by atoms with Gasteiger partial charge in [-0.15, -0.1) is 0 Å². The number of hydrogen-bond donors (Lipinski definition) is 1. The molecule has 0 saturated carbocycles. The van der Waals surface area contributed by atoms with Crippen molar-refractivity contribution in [1.29, 1.82) is 0 Å². The molecule has 25 heavy (non-hydrogen) atoms. The highest BCUT2D eigenvalue weighted by Gasteiger charge is 2.10. The molecule has 0 aliphatic carbocycles. The number of aromatic nitrogens is 2. The van der Waals surface area contributed by atoms with E-state index < -0.39 is 0 Å². The molecule has 0 aliphatic rings. The van der Waals surface area contributed by atoms with Gasteiger partial charge < -0.3 is 9.67 Å². The summed E-state index contributed by atoms with van der Waals surface area (Å²) in [5.41, 5.74) is 2.49. The number of imidazole rings is 1. The third kappa shape index (κ3) is 2.85. The zero-order chi connectivity index (χ0) is 17.6. The van der Waals surface area contributed by atoms with Gasteiger partial charge in [-0.2, -0.15) is 0 Å². The van der Waals surface area contributed by atoms with E-state index in [1.54, 1.807) is 6.21 Å². The summed E-state index contributed by atoms with van der Waals surface area (Å²) in [5, 5.41) is 12.3. The van der Waals surface area contributed by atoms with E-state index >= 15 is 0 Å². The number of aryl methyl sites for hydroxylation is 1. The van der Waals surface area contributed by atoms with Gasteiger partial charge >= 0.3 is 0 Å². The topological polar surface area (TPSA) is 50.4 Å². The molecule has 4 rings (SSSR count). The van der Waals surface area contributed by atoms with E-state index in [2.05, 4.69) is 41.8 Å². The molecule has 0 radical (unpaired) electrons. The van der Waals surface area contributed by atoms with Crippen LogP contribution in [0.5, 0.6) is 5.75 Å². The van der Waals surface area contributed by atoms with Crippen LogP contribution in [0.1, 0.15) is 5.56 Å². The highest BCUT2D eigenvalue weighted by atomic mass is 79.9. The number of halogens is 2. The minimum Gasteiger partial charge on any atom is -0.507 e. The Hall–Kier alpha value is -2.18. The van der Waals surface area contributed by atoms with E-state index in [0.29, 0.717) is 11.5 Å². The smallest absolute Gasteiger partial charge is 0.230 e. The van der Waals surface area contributed by atoms with Gasteiger partial charge in [0.15, 0.2) is 0 Å². The predicted molar refractivity (Wildman–Crippen MR) is 109 cm³/mol. The average Bonchev–Trinajstić information content (AvgIpc) is 2.91. The van der Waals surface area contributed by atoms with Crippen molar-refractivity contribution >= 4 is 65.8 Å². The minimum absolute atomic E-state index is 0.228. The number of hydrogen-bond acceptors (Lipinski definition) is 3. The van der Waals surface area contributed by atoms with Crippen LogP contribution in [0.3, 0.4) is 0 Å². The quantitative estimate of drug-likeness (QED) is 0.391. The van der Waals surface area contributed by atoms with Crippen LogP contribution in [0.2, 0.25) is 0 Å². The standard InChI is InChI=1S/C19H13Br2N3O/c1-24-17-9-15(21)14(20)8-16(17)23-19(24)22-10-12-7-6-11-4-2-3-5-13(11)18(12)25/h2-10,25H,1H3/b22-10+. The first-order valence-electron chi connectivity index (χ1n) is 7.61. The fourth-order valence-electron chi connectivity index (χ4n) is 2.79. The summed E-state index contributed by atoms with van der Waals surface area (Å²) in [6.07, 6.45) is 1.65. The largest absolute Gasteiger partial charge is 0.507 e. The predicted octanol–water partition coefficient (Wildman–Crippen LogP) is 5.71. The lowest BCUT2D eigenvalue weighted by Gasteiger charge is -2.04. The summed E-state index contributed by atoms with van der Waals surface area (Å²) in [6.45, 7) is 0. The molecule has 6 heteroatoms. The van der Waals surface area contributed by atoms with Gasteiger partial charge in [-0.1, -0.05) is 30.3 Å². The van der Waals surface area contributed by atoms with Crippen LogP contribution < -0.4 is 0 Å². The maximum absolute atomic E-state index is 10.5. The van der Waals surface area contributed by atoms with Gasteiger partial charge in [0.25, 0.3) is 0 Å². The average molecular weight is 459 g/mol. The van der Waals surface area contributed by atoms with Gasteiger partial charge in [0.2, 0.25) is 5.95 Å². The molecule has 0 amide bonds. The number of benzene rings is 3. The molecule has 124 valence electrons. The zero-order valence-corrected chi connectivity index (χ0v) is 16.4. The normalized spacial score (nSPS) is 11.8. The Morgan fingerprint density at radius 1 is 1.08 bits per heavy atom. The molecule has 0 bridgehead atoms. The second-order valence-electron chi connectivity index (χ2n) is 5.71. The minimum atomic E-state index is 0.228. The molecule has 0 unspecified atom stereocenters. The molecule has 4 aromatic rings. The van der Waals surface area contributed by atoms with Crippen molar-refractivity contribution in [3.63, 3.8) is 0 Å². The Kier molecular flexibility index (Phi) is 4.09. The fraction of sp³-hybridized carbons (Fsp3) is 0.0526. The van der Waals surface area contributed by atoms with Crippen molar-refractivity contribution in [1.82, 2.24) is 9.55 Å². The lowest BCUT2D eigenvalue weighted by molar-refractivity contribution is 0.481. The Morgan fingerprint density at radius 2 is 1.84 bits per heavy atom. The molecule has 0 spiro atoms. The maximum atomic E-state index is 10.5. The highest BCUT2D eigenvalue weighted by molar-refractivity contribution is 9.13. The number of phenolic OH excluding ortho intramolecular Hbond substituents is 1. The second kappa shape index (κ2) is 6.28. The van der Waals surface area contributed by atoms with Crippen molar-refractivity contribution < 1.29 is 5.11 Å². The van der Waals surface area contributed by atoms with E-state index in [4.69, 9.17) is 0 Å². The van der Waals surface area contributed by atoms with Gasteiger partial charge in [-0.05, 0) is 55.4 Å². The van der Waals surface area contributed by atoms with E-state index in [1.807, 2.05) is 60.1 Å². The summed E-state index contributed by atoms with van der Waals surface area (Å²) in [4.78, 5) is 9.03. The molecule has 1 heterocycles. The van der Waals surface area contributed by atoms with Crippen molar-refractivity contribution in [2.24, 2.45) is 12.0 Å². The Bertz CT molecular complexity index is 1150. The number of fused-ring (bicyclic) bond motifs is 2. The molecule has 0 saturated heterocycles. The van der Waals surface area contributed by atoms with E-state index in [-0.39, 0.29) is 5.75 Å². The number of rotatable bonds is 2. The molecule has 1 N–H and O–H groups in total. The molecular formula is C19H13Br2N3O. The van der Waals surface area contributed by atoms with Crippen LogP contribution in [0.4, 0.5) is 5.95 Å². The molecule has 4 nitrogen and oxygen atoms in total. The SMILES string of the molecule is Cn1c(/N=C/c2ccc3ccccc3c2O)nc2cc(Br)c(Br)cc21. The first-order valence-corrected chi connectivity index (χ1v) is 9.19. The van der Waals surface area contributed by atoms with Crippen molar-refractivity contribution in [2.75, 3.05) is 0 Å². The molecule has 3 aromatic carbocycles. The van der Waals surface area contributed by atoms with Gasteiger partial charge in [-0.3, -0.25) is 0 Å². The lowest BCUT2D eigenvalue weighted by Crippen LogP contribution is -1.89. The van der Waals surface area contributed by atoms with Crippen LogP contribution in [-0.4, -0.2) is 20.9 Å². The van der Waals surface area contributed by atoms with E-state index in [9.17, 15) is 5.11 Å². The van der Waals surface area contributed by atoms with E-state index in [0.717, 1.165) is 30.8 Å². The maximum Gasteiger partial charge on any atom is 0.230 e. The third-order valence-electron chi connectivity index (χ3n) is 4.15. The monoisotopic (exact) mass is 457 g/mol. The Morgan fingerprint density at radius 3 is 2.68 bits per heavy atom. The Balaban J connectivity index is 1.79. The van der Waals surface area contributed by atoms with Crippen LogP contribution in [-0.2, 0) is 7.05 Å². The molecule has 0 aliphatic heterocycles. The highest BCUT2D eigenvalue weighted by Crippen LogP contribution is 2.31. The number of aromatic hydroxyl groups is 1. The first-order chi connectivity index (χ1) is 12.0. The van der Waals surface area contributed by atoms with Crippen LogP contribution in [0, 0.1) is 0 Å². The zero-order valence-electron chi connectivity index (χ0n) is 13.2. The Labute approximate surface area is 161 Å². The second-order valence-corrected chi connectivity index (χ2v) is 7.42. The molecule has 0 fully saturated rings. The third-order valence-corrected chi connectivity index (χ3v) is 5.99. The van der Waals surface area contributed by atoms with Gasteiger partial charge in [0, 0.05) is 33.2 Å². The van der Waals surface area contributed by atoms with Crippen LogP contribution in [0.15, 0.2) is 62.5 Å². The van der Waals surface area contributed by atoms with Crippen LogP contribution >= 0.6 is 31.9 Å². The number of aliphatic imine (C=N–C) groups is 1. The summed E-state index contributed by atoms with van der Waals surface area (Å²) in [5.74, 6) is 0.804. The summed E-state index contributed by atoms with van der Waals surface area (Å²) in [7, 11) is 1.92. The van der Waals surface area contributed by atoms with Crippen LogP contribution in [0.25, 0.3) is 21.8 Å². The fourth-order valence-corrected chi connectivity index (χ4v) is 3.46. The molecule has 0 atom stereocenters. The number of phenols is 1. The van der Waals surface area contributed by atoms with Crippen molar-refractivity contribution in [3.05, 3.63) is 63.0 Å². The first kappa shape index (κ1) is 16.3. The summed E-state index contributed by atoms with van der Waals surface area (Å²) >= 11 is 7.00. The van der Waals surface area contributed by atoms with Gasteiger partial charge in [-0.25, -0.2) is 9.98 Å². The van der Waals surface area contributed by atoms with Crippen molar-refractivity contribution in [2.45, 2.75) is 0 Å². The van der Waals surface area contributed by atoms with Gasteiger partial charge in [0.1, 0.15) is 5.75 Å². The lowest BCUT2D eigenvalue weighted by atomic mass is 10.1. The van der Waals surface area contributed by atoms with Crippen molar-refractivity contribution in [3.8, 4) is 5.75 Å². The van der Waals surface area contributed by atoms with Gasteiger partial charge in [0.05, 0.1) is 11.0 Å². The summed E-state index contributed by atoms with van der Waals surface area (Å²) in [6, 6.07) is 15.5. The molecular weight excluding hydrogens is 446 g/mol.